The van der Waals surface area contributed by atoms with Crippen molar-refractivity contribution in [3.05, 3.63) is 128 Å². The van der Waals surface area contributed by atoms with Gasteiger partial charge in [-0.05, 0) is 55.3 Å². The van der Waals surface area contributed by atoms with Crippen LogP contribution in [0, 0.1) is 5.82 Å². The van der Waals surface area contributed by atoms with Crippen molar-refractivity contribution in [2.75, 3.05) is 6.54 Å². The maximum atomic E-state index is 13.9. The van der Waals surface area contributed by atoms with Crippen LogP contribution in [-0.4, -0.2) is 44.2 Å². The molecule has 4 aromatic rings. The lowest BCUT2D eigenvalue weighted by molar-refractivity contribution is -0.118. The fraction of sp³-hybridized carbons (Fsp3) is 0.200. The highest BCUT2D eigenvalue weighted by Gasteiger charge is 2.31. The first-order valence-corrected chi connectivity index (χ1v) is 14.2. The van der Waals surface area contributed by atoms with Crippen LogP contribution in [0.25, 0.3) is 10.4 Å². The number of azide groups is 1. The van der Waals surface area contributed by atoms with Crippen LogP contribution >= 0.6 is 11.6 Å². The number of hydrogen-bond acceptors (Lipinski definition) is 8. The molecule has 0 radical (unpaired) electrons. The number of hydrogen-bond donors (Lipinski definition) is 3. The van der Waals surface area contributed by atoms with Crippen LogP contribution in [0.4, 0.5) is 10.1 Å². The topological polar surface area (TPSA) is 175 Å². The van der Waals surface area contributed by atoms with Gasteiger partial charge in [-0.15, -0.1) is 5.10 Å². The van der Waals surface area contributed by atoms with E-state index in [1.54, 1.807) is 66.6 Å². The maximum Gasteiger partial charge on any atom is 0.251 e. The molecule has 1 aliphatic rings. The van der Waals surface area contributed by atoms with Gasteiger partial charge in [0.05, 0.1) is 18.3 Å². The summed E-state index contributed by atoms with van der Waals surface area (Å²) in [4.78, 5) is 37.4. The van der Waals surface area contributed by atoms with Gasteiger partial charge in [0.1, 0.15) is 23.4 Å². The molecule has 228 valence electrons. The summed E-state index contributed by atoms with van der Waals surface area (Å²) >= 11 is 6.41. The first-order chi connectivity index (χ1) is 21.8. The normalized spacial score (nSPS) is 14.2. The van der Waals surface area contributed by atoms with E-state index < -0.39 is 17.8 Å². The number of nitrogens with one attached hydrogen (secondary N) is 3. The molecule has 1 unspecified atom stereocenters. The Morgan fingerprint density at radius 2 is 1.89 bits per heavy atom. The molecule has 2 aromatic heterocycles. The molecule has 5 rings (SSSR count). The van der Waals surface area contributed by atoms with Crippen LogP contribution in [0.5, 0.6) is 0 Å². The predicted molar refractivity (Wildman–Crippen MR) is 165 cm³/mol. The second kappa shape index (κ2) is 14.3. The average Bonchev–Trinajstić information content (AvgIpc) is 3.50. The summed E-state index contributed by atoms with van der Waals surface area (Å²) in [7, 11) is 0. The summed E-state index contributed by atoms with van der Waals surface area (Å²) in [5.41, 5.74) is 12.0. The van der Waals surface area contributed by atoms with Crippen LogP contribution < -0.4 is 16.0 Å². The van der Waals surface area contributed by atoms with Gasteiger partial charge >= 0.3 is 0 Å². The number of carbonyl (C=O) groups is 2. The van der Waals surface area contributed by atoms with Gasteiger partial charge in [-0.2, -0.15) is 0 Å². The lowest BCUT2D eigenvalue weighted by Crippen LogP contribution is -2.36. The molecule has 1 atom stereocenters. The number of amides is 2. The fourth-order valence-electron chi connectivity index (χ4n) is 4.65. The van der Waals surface area contributed by atoms with E-state index in [-0.39, 0.29) is 17.5 Å². The zero-order chi connectivity index (χ0) is 31.8. The van der Waals surface area contributed by atoms with E-state index in [2.05, 4.69) is 41.3 Å². The second-order valence-electron chi connectivity index (χ2n) is 9.95. The first-order valence-electron chi connectivity index (χ1n) is 13.8. The molecule has 1 aliphatic heterocycles. The number of pyridine rings is 1. The summed E-state index contributed by atoms with van der Waals surface area (Å²) in [6.45, 7) is 2.76. The first kappa shape index (κ1) is 30.9. The largest absolute Gasteiger partial charge is 0.352 e. The van der Waals surface area contributed by atoms with Crippen molar-refractivity contribution in [3.8, 4) is 0 Å². The number of nitrogens with zero attached hydrogens (tertiary/aromatic N) is 8. The fourth-order valence-corrected chi connectivity index (χ4v) is 4.92. The Bertz CT molecular complexity index is 1820. The average molecular weight is 628 g/mol. The number of allylic oxidation sites excluding steroid dienone is 1. The molecule has 0 fully saturated rings. The van der Waals surface area contributed by atoms with E-state index in [0.717, 1.165) is 5.56 Å². The van der Waals surface area contributed by atoms with Gasteiger partial charge in [0, 0.05) is 63.5 Å². The van der Waals surface area contributed by atoms with Crippen molar-refractivity contribution < 1.29 is 14.0 Å². The molecule has 0 saturated carbocycles. The number of halogens is 2. The Balaban J connectivity index is 1.19. The number of benzene rings is 2. The third-order valence-corrected chi connectivity index (χ3v) is 7.18. The summed E-state index contributed by atoms with van der Waals surface area (Å²) in [6.07, 6.45) is 5.58. The highest BCUT2D eigenvalue weighted by atomic mass is 35.5. The predicted octanol–water partition coefficient (Wildman–Crippen LogP) is 4.91. The Hall–Kier alpha value is -5.59. The Labute approximate surface area is 261 Å². The van der Waals surface area contributed by atoms with E-state index >= 15 is 0 Å². The van der Waals surface area contributed by atoms with Crippen LogP contribution in [0.2, 0.25) is 5.02 Å². The molecule has 3 heterocycles. The Morgan fingerprint density at radius 1 is 1.11 bits per heavy atom. The standard InChI is InChI=1S/C30H27ClFN11O2/c1-18-26(27(24-8-5-21(32)15-25(24)31)38-28(37-18)19-9-12-34-13-10-19)30(45)36-16-23-17-43(42-40-23)14-2-11-35-29(44)20-3-6-22(7-4-20)39-41-33/h3-10,12-13,15,17,27H,2,11,14,16H2,1H3,(H,35,44)(H,36,45)(H,37,38). The van der Waals surface area contributed by atoms with Crippen molar-refractivity contribution in [2.24, 2.45) is 10.1 Å². The monoisotopic (exact) mass is 627 g/mol. The minimum atomic E-state index is -0.794. The van der Waals surface area contributed by atoms with Gasteiger partial charge in [0.25, 0.3) is 11.8 Å². The summed E-state index contributed by atoms with van der Waals surface area (Å²) < 4.78 is 15.5. The molecule has 3 N–H and O–H groups in total. The molecule has 15 heteroatoms. The van der Waals surface area contributed by atoms with Gasteiger partial charge in [0.2, 0.25) is 0 Å². The van der Waals surface area contributed by atoms with E-state index in [1.807, 2.05) is 0 Å². The van der Waals surface area contributed by atoms with E-state index in [1.165, 1.54) is 18.2 Å². The van der Waals surface area contributed by atoms with Crippen molar-refractivity contribution in [3.63, 3.8) is 0 Å². The molecule has 0 spiro atoms. The zero-order valence-corrected chi connectivity index (χ0v) is 24.7. The van der Waals surface area contributed by atoms with Crippen molar-refractivity contribution in [2.45, 2.75) is 32.5 Å². The molecule has 2 amide bonds. The minimum Gasteiger partial charge on any atom is -0.352 e. The van der Waals surface area contributed by atoms with Crippen LogP contribution in [0.1, 0.15) is 46.6 Å². The van der Waals surface area contributed by atoms with Gasteiger partial charge < -0.3 is 16.0 Å². The highest BCUT2D eigenvalue weighted by molar-refractivity contribution is 6.31. The maximum absolute atomic E-state index is 13.9. The lowest BCUT2D eigenvalue weighted by Gasteiger charge is -2.27. The number of aryl methyl sites for hydroxylation is 1. The van der Waals surface area contributed by atoms with Gasteiger partial charge in [-0.1, -0.05) is 40.1 Å². The molecule has 2 aromatic carbocycles. The Kier molecular flexibility index (Phi) is 9.77. The summed E-state index contributed by atoms with van der Waals surface area (Å²) in [6, 6.07) is 13.1. The van der Waals surface area contributed by atoms with Gasteiger partial charge in [-0.25, -0.2) is 4.39 Å². The lowest BCUT2D eigenvalue weighted by atomic mass is 9.94. The highest BCUT2D eigenvalue weighted by Crippen LogP contribution is 2.36. The van der Waals surface area contributed by atoms with Crippen molar-refractivity contribution in [1.29, 1.82) is 0 Å². The third-order valence-electron chi connectivity index (χ3n) is 6.85. The van der Waals surface area contributed by atoms with Crippen LogP contribution in [0.3, 0.4) is 0 Å². The van der Waals surface area contributed by atoms with Crippen molar-refractivity contribution in [1.82, 2.24) is 35.9 Å². The number of aliphatic imine (C=N–C) groups is 1. The summed E-state index contributed by atoms with van der Waals surface area (Å²) in [5.74, 6) is -0.609. The van der Waals surface area contributed by atoms with Crippen LogP contribution in [-0.2, 0) is 17.9 Å². The number of rotatable bonds is 11. The van der Waals surface area contributed by atoms with Crippen molar-refractivity contribution >= 4 is 34.9 Å². The molecule has 13 nitrogen and oxygen atoms in total. The van der Waals surface area contributed by atoms with E-state index in [4.69, 9.17) is 22.1 Å². The molecular formula is C30H27ClFN11O2. The molecule has 0 aliphatic carbocycles. The minimum absolute atomic E-state index is 0.100. The molecule has 45 heavy (non-hydrogen) atoms. The molecule has 0 bridgehead atoms. The number of carbonyl (C=O) groups excluding carboxylic acids is 2. The zero-order valence-electron chi connectivity index (χ0n) is 24.0. The van der Waals surface area contributed by atoms with E-state index in [0.29, 0.717) is 59.1 Å². The third kappa shape index (κ3) is 7.68. The van der Waals surface area contributed by atoms with Crippen LogP contribution in [0.15, 0.2) is 94.6 Å². The molecule has 0 saturated heterocycles. The quantitative estimate of drug-likeness (QED) is 0.0921. The molecular weight excluding hydrogens is 601 g/mol. The number of amidine groups is 1. The SMILES string of the molecule is CC1=C(C(=O)NCc2cn(CCCNC(=O)c3ccc(N=[N+]=[N-])cc3)nn2)C(c2ccc(F)cc2Cl)N=C(c2ccncc2)N1. The second-order valence-corrected chi connectivity index (χ2v) is 10.4. The number of aromatic nitrogens is 4. The van der Waals surface area contributed by atoms with Gasteiger partial charge in [0.15, 0.2) is 0 Å². The van der Waals surface area contributed by atoms with E-state index in [9.17, 15) is 14.0 Å². The van der Waals surface area contributed by atoms with Gasteiger partial charge in [-0.3, -0.25) is 24.2 Å². The summed E-state index contributed by atoms with van der Waals surface area (Å²) in [5, 5.41) is 20.8. The smallest absolute Gasteiger partial charge is 0.251 e. The Morgan fingerprint density at radius 3 is 2.62 bits per heavy atom.